The van der Waals surface area contributed by atoms with Gasteiger partial charge in [0.25, 0.3) is 0 Å². The first-order valence-corrected chi connectivity index (χ1v) is 6.97. The number of ether oxygens (including phenoxy) is 1. The first kappa shape index (κ1) is 18.4. The highest BCUT2D eigenvalue weighted by Crippen LogP contribution is 2.10. The second-order valence-electron chi connectivity index (χ2n) is 5.73. The van der Waals surface area contributed by atoms with E-state index < -0.39 is 11.7 Å². The van der Waals surface area contributed by atoms with Crippen molar-refractivity contribution >= 4 is 11.9 Å². The fourth-order valence-corrected chi connectivity index (χ4v) is 1.48. The number of likely N-dealkylation sites (N-methyl/N-ethyl adjacent to an activating group) is 1. The molecule has 0 saturated carbocycles. The van der Waals surface area contributed by atoms with Crippen LogP contribution in [0, 0.1) is 0 Å². The lowest BCUT2D eigenvalue weighted by atomic mass is 10.1. The fraction of sp³-hybridized carbons (Fsp3) is 0.625. The summed E-state index contributed by atoms with van der Waals surface area (Å²) in [4.78, 5) is 25.0. The Balaban J connectivity index is 4.39. The minimum absolute atomic E-state index is 0.00721. The van der Waals surface area contributed by atoms with Crippen molar-refractivity contribution in [2.75, 3.05) is 13.6 Å². The molecule has 0 radical (unpaired) electrons. The van der Waals surface area contributed by atoms with Crippen LogP contribution in [-0.2, 0) is 9.53 Å². The highest BCUT2D eigenvalue weighted by atomic mass is 16.6. The van der Waals surface area contributed by atoms with Gasteiger partial charge in [-0.1, -0.05) is 25.2 Å². The predicted octanol–water partition coefficient (Wildman–Crippen LogP) is 3.73. The minimum Gasteiger partial charge on any atom is -0.444 e. The highest BCUT2D eigenvalue weighted by Gasteiger charge is 2.21. The van der Waals surface area contributed by atoms with Crippen molar-refractivity contribution in [3.63, 3.8) is 0 Å². The van der Waals surface area contributed by atoms with Gasteiger partial charge in [0.15, 0.2) is 5.78 Å². The molecule has 0 spiro atoms. The molecule has 20 heavy (non-hydrogen) atoms. The number of nitrogens with zero attached hydrogens (tertiary/aromatic N) is 1. The number of amides is 1. The molecule has 0 bridgehead atoms. The van der Waals surface area contributed by atoms with Gasteiger partial charge in [-0.15, -0.1) is 0 Å². The van der Waals surface area contributed by atoms with Crippen LogP contribution < -0.4 is 0 Å². The van der Waals surface area contributed by atoms with E-state index in [1.807, 2.05) is 32.1 Å². The Hall–Kier alpha value is -1.58. The summed E-state index contributed by atoms with van der Waals surface area (Å²) >= 11 is 0. The van der Waals surface area contributed by atoms with E-state index in [0.29, 0.717) is 6.42 Å². The van der Waals surface area contributed by atoms with Crippen LogP contribution in [0.1, 0.15) is 47.5 Å². The van der Waals surface area contributed by atoms with Crippen LogP contribution in [0.25, 0.3) is 0 Å². The number of rotatable bonds is 6. The number of carbonyl (C=O) groups is 2. The lowest BCUT2D eigenvalue weighted by molar-refractivity contribution is -0.119. The second-order valence-corrected chi connectivity index (χ2v) is 5.73. The molecule has 0 fully saturated rings. The molecule has 0 aliphatic heterocycles. The number of Topliss-reactive ketones (excluding diaryl/α,β-unsaturated/α-hetero) is 1. The molecule has 0 aromatic heterocycles. The third-order valence-electron chi connectivity index (χ3n) is 2.46. The van der Waals surface area contributed by atoms with Crippen LogP contribution in [0.15, 0.2) is 23.8 Å². The van der Waals surface area contributed by atoms with E-state index in [9.17, 15) is 9.59 Å². The topological polar surface area (TPSA) is 46.6 Å². The third-order valence-corrected chi connectivity index (χ3v) is 2.46. The maximum atomic E-state index is 11.9. The van der Waals surface area contributed by atoms with E-state index >= 15 is 0 Å². The van der Waals surface area contributed by atoms with Crippen LogP contribution in [0.5, 0.6) is 0 Å². The maximum absolute atomic E-state index is 11.9. The molecule has 0 saturated heterocycles. The minimum atomic E-state index is -0.549. The van der Waals surface area contributed by atoms with Gasteiger partial charge in [-0.05, 0) is 39.7 Å². The van der Waals surface area contributed by atoms with Gasteiger partial charge in [-0.2, -0.15) is 0 Å². The Labute approximate surface area is 122 Å². The molecular weight excluding hydrogens is 254 g/mol. The summed E-state index contributed by atoms with van der Waals surface area (Å²) in [5, 5.41) is 0. The van der Waals surface area contributed by atoms with E-state index in [0.717, 1.165) is 12.0 Å². The number of hydrogen-bond donors (Lipinski definition) is 0. The van der Waals surface area contributed by atoms with Gasteiger partial charge >= 0.3 is 6.09 Å². The maximum Gasteiger partial charge on any atom is 0.410 e. The molecule has 0 heterocycles. The summed E-state index contributed by atoms with van der Waals surface area (Å²) < 4.78 is 5.20. The van der Waals surface area contributed by atoms with Crippen LogP contribution >= 0.6 is 0 Å². The molecule has 0 aromatic carbocycles. The van der Waals surface area contributed by atoms with Gasteiger partial charge in [-0.25, -0.2) is 4.79 Å². The summed E-state index contributed by atoms with van der Waals surface area (Å²) in [6, 6.07) is 0. The molecule has 4 nitrogen and oxygen atoms in total. The standard InChI is InChI=1S/C16H27NO3/c1-7-9-10-13(8-2)11-14(18)12-17(6)15(19)20-16(3,4)5/h8-10H,7,11-12H2,1-6H3/b10-9-,13-8+. The molecule has 114 valence electrons. The van der Waals surface area contributed by atoms with Gasteiger partial charge in [-0.3, -0.25) is 4.79 Å². The van der Waals surface area contributed by atoms with E-state index in [1.54, 1.807) is 27.8 Å². The molecule has 0 aliphatic rings. The fourth-order valence-electron chi connectivity index (χ4n) is 1.48. The van der Waals surface area contributed by atoms with Crippen LogP contribution in [0.3, 0.4) is 0 Å². The molecule has 0 aromatic rings. The Morgan fingerprint density at radius 3 is 2.30 bits per heavy atom. The predicted molar refractivity (Wildman–Crippen MR) is 81.7 cm³/mol. The van der Waals surface area contributed by atoms with Crippen molar-refractivity contribution in [2.24, 2.45) is 0 Å². The first-order valence-electron chi connectivity index (χ1n) is 6.97. The van der Waals surface area contributed by atoms with Crippen molar-refractivity contribution in [3.05, 3.63) is 23.8 Å². The van der Waals surface area contributed by atoms with Crippen molar-refractivity contribution < 1.29 is 14.3 Å². The molecule has 4 heteroatoms. The van der Waals surface area contributed by atoms with Crippen LogP contribution in [0.2, 0.25) is 0 Å². The van der Waals surface area contributed by atoms with Gasteiger partial charge in [0.05, 0.1) is 6.54 Å². The molecule has 0 N–H and O–H groups in total. The summed E-state index contributed by atoms with van der Waals surface area (Å²) in [7, 11) is 1.57. The van der Waals surface area contributed by atoms with Gasteiger partial charge in [0, 0.05) is 13.5 Å². The largest absolute Gasteiger partial charge is 0.444 e. The van der Waals surface area contributed by atoms with E-state index in [4.69, 9.17) is 4.74 Å². The molecule has 0 rings (SSSR count). The second kappa shape index (κ2) is 8.56. The molecule has 1 amide bonds. The zero-order chi connectivity index (χ0) is 15.8. The van der Waals surface area contributed by atoms with Crippen molar-refractivity contribution in [1.82, 2.24) is 4.90 Å². The molecule has 0 atom stereocenters. The normalized spacial score (nSPS) is 12.6. The summed E-state index contributed by atoms with van der Waals surface area (Å²) in [5.74, 6) is -0.00721. The van der Waals surface area contributed by atoms with Crippen molar-refractivity contribution in [2.45, 2.75) is 53.1 Å². The third kappa shape index (κ3) is 8.51. The Bertz CT molecular complexity index is 389. The summed E-state index contributed by atoms with van der Waals surface area (Å²) in [5.41, 5.74) is 0.418. The van der Waals surface area contributed by atoms with Gasteiger partial charge in [0.1, 0.15) is 5.60 Å². The average Bonchev–Trinajstić information content (AvgIpc) is 2.32. The van der Waals surface area contributed by atoms with E-state index in [2.05, 4.69) is 0 Å². The number of ketones is 1. The quantitative estimate of drug-likeness (QED) is 0.697. The number of hydrogen-bond acceptors (Lipinski definition) is 3. The van der Waals surface area contributed by atoms with E-state index in [1.165, 1.54) is 4.90 Å². The van der Waals surface area contributed by atoms with Gasteiger partial charge < -0.3 is 9.64 Å². The summed E-state index contributed by atoms with van der Waals surface area (Å²) in [6.45, 7) is 9.41. The van der Waals surface area contributed by atoms with Crippen LogP contribution in [0.4, 0.5) is 4.79 Å². The Morgan fingerprint density at radius 2 is 1.85 bits per heavy atom. The lowest BCUT2D eigenvalue weighted by Crippen LogP contribution is -2.37. The zero-order valence-electron chi connectivity index (χ0n) is 13.5. The zero-order valence-corrected chi connectivity index (χ0v) is 13.5. The van der Waals surface area contributed by atoms with Crippen molar-refractivity contribution in [3.8, 4) is 0 Å². The van der Waals surface area contributed by atoms with E-state index in [-0.39, 0.29) is 12.3 Å². The van der Waals surface area contributed by atoms with Crippen LogP contribution in [-0.4, -0.2) is 36.0 Å². The lowest BCUT2D eigenvalue weighted by Gasteiger charge is -2.24. The monoisotopic (exact) mass is 281 g/mol. The molecule has 0 aliphatic carbocycles. The Morgan fingerprint density at radius 1 is 1.25 bits per heavy atom. The number of allylic oxidation sites excluding steroid dienone is 4. The highest BCUT2D eigenvalue weighted by molar-refractivity contribution is 5.86. The summed E-state index contributed by atoms with van der Waals surface area (Å²) in [6.07, 6.45) is 6.67. The molecular formula is C16H27NO3. The van der Waals surface area contributed by atoms with Gasteiger partial charge in [0.2, 0.25) is 0 Å². The Kier molecular flexibility index (Phi) is 7.89. The average molecular weight is 281 g/mol. The first-order chi connectivity index (χ1) is 9.19. The van der Waals surface area contributed by atoms with Crippen molar-refractivity contribution in [1.29, 1.82) is 0 Å². The number of carbonyl (C=O) groups excluding carboxylic acids is 2. The smallest absolute Gasteiger partial charge is 0.410 e. The molecule has 0 unspecified atom stereocenters. The SMILES string of the molecule is C/C=C(\C=C/CC)CC(=O)CN(C)C(=O)OC(C)(C)C.